The number of aromatic amines is 1. The van der Waals surface area contributed by atoms with Crippen molar-refractivity contribution in [1.29, 1.82) is 0 Å². The van der Waals surface area contributed by atoms with Crippen molar-refractivity contribution >= 4 is 17.1 Å². The maximum absolute atomic E-state index is 13.3. The molecule has 156 valence electrons. The number of nitrogens with zero attached hydrogens (tertiary/aromatic N) is 4. The Balaban J connectivity index is 1.38. The minimum absolute atomic E-state index is 0.00595. The molecular formula is C21H22FN5O3. The molecule has 2 bridgehead atoms. The first-order valence-electron chi connectivity index (χ1n) is 10.1. The number of aromatic nitrogens is 4. The Morgan fingerprint density at radius 3 is 2.50 bits per heavy atom. The average molecular weight is 411 g/mol. The number of H-pyrrole nitrogens is 1. The molecule has 0 aliphatic carbocycles. The van der Waals surface area contributed by atoms with Gasteiger partial charge in [-0.05, 0) is 49.3 Å². The topological polar surface area (TPSA) is 93.0 Å². The van der Waals surface area contributed by atoms with Crippen LogP contribution in [-0.2, 0) is 18.4 Å². The van der Waals surface area contributed by atoms with Crippen LogP contribution >= 0.6 is 0 Å². The second kappa shape index (κ2) is 6.93. The van der Waals surface area contributed by atoms with E-state index in [1.807, 2.05) is 17.0 Å². The molecule has 30 heavy (non-hydrogen) atoms. The maximum atomic E-state index is 13.3. The van der Waals surface area contributed by atoms with Gasteiger partial charge in [0.05, 0.1) is 6.33 Å². The van der Waals surface area contributed by atoms with E-state index in [1.165, 1.54) is 34.6 Å². The van der Waals surface area contributed by atoms with Gasteiger partial charge in [-0.2, -0.15) is 0 Å². The van der Waals surface area contributed by atoms with Crippen LogP contribution in [0, 0.1) is 5.82 Å². The Hall–Kier alpha value is -3.23. The van der Waals surface area contributed by atoms with Crippen molar-refractivity contribution in [3.63, 3.8) is 0 Å². The van der Waals surface area contributed by atoms with Gasteiger partial charge in [-0.1, -0.05) is 12.1 Å². The van der Waals surface area contributed by atoms with E-state index in [1.54, 1.807) is 0 Å². The van der Waals surface area contributed by atoms with Crippen molar-refractivity contribution < 1.29 is 9.18 Å². The monoisotopic (exact) mass is 411 g/mol. The predicted octanol–water partition coefficient (Wildman–Crippen LogP) is 1.50. The summed E-state index contributed by atoms with van der Waals surface area (Å²) in [5.74, 6) is 0.0283. The Morgan fingerprint density at radius 1 is 1.17 bits per heavy atom. The van der Waals surface area contributed by atoms with E-state index >= 15 is 0 Å². The van der Waals surface area contributed by atoms with E-state index in [9.17, 15) is 18.8 Å². The zero-order valence-electron chi connectivity index (χ0n) is 16.5. The quantitative estimate of drug-likeness (QED) is 0.707. The fourth-order valence-corrected chi connectivity index (χ4v) is 5.12. The molecule has 1 N–H and O–H groups in total. The van der Waals surface area contributed by atoms with Crippen LogP contribution in [0.3, 0.4) is 0 Å². The highest BCUT2D eigenvalue weighted by Gasteiger charge is 2.43. The van der Waals surface area contributed by atoms with Gasteiger partial charge in [0.1, 0.15) is 12.4 Å². The van der Waals surface area contributed by atoms with Crippen molar-refractivity contribution in [2.45, 2.75) is 50.2 Å². The molecule has 2 saturated heterocycles. The van der Waals surface area contributed by atoms with Crippen molar-refractivity contribution in [3.05, 3.63) is 62.8 Å². The number of imidazole rings is 1. The number of carbonyl (C=O) groups is 1. The zero-order valence-corrected chi connectivity index (χ0v) is 16.5. The zero-order chi connectivity index (χ0) is 21.0. The molecule has 9 heteroatoms. The normalized spacial score (nSPS) is 23.3. The number of fused-ring (bicyclic) bond motifs is 3. The molecule has 5 rings (SSSR count). The van der Waals surface area contributed by atoms with Gasteiger partial charge in [-0.15, -0.1) is 0 Å². The van der Waals surface area contributed by atoms with Crippen LogP contribution < -0.4 is 11.2 Å². The van der Waals surface area contributed by atoms with Crippen LogP contribution in [0.1, 0.15) is 37.2 Å². The third-order valence-electron chi connectivity index (χ3n) is 6.54. The summed E-state index contributed by atoms with van der Waals surface area (Å²) in [5.41, 5.74) is 0.517. The predicted molar refractivity (Wildman–Crippen MR) is 108 cm³/mol. The van der Waals surface area contributed by atoms with Gasteiger partial charge < -0.3 is 9.47 Å². The number of aryl methyl sites for hydroxylation is 1. The van der Waals surface area contributed by atoms with Gasteiger partial charge >= 0.3 is 5.69 Å². The molecule has 0 unspecified atom stereocenters. The van der Waals surface area contributed by atoms with Crippen LogP contribution in [0.2, 0.25) is 0 Å². The molecule has 2 aromatic heterocycles. The number of carbonyl (C=O) groups excluding carboxylic acids is 1. The lowest BCUT2D eigenvalue weighted by molar-refractivity contribution is -0.136. The maximum Gasteiger partial charge on any atom is 0.329 e. The number of halogens is 1. The van der Waals surface area contributed by atoms with Gasteiger partial charge in [-0.25, -0.2) is 14.2 Å². The summed E-state index contributed by atoms with van der Waals surface area (Å²) in [5, 5.41) is 0. The number of benzene rings is 1. The lowest BCUT2D eigenvalue weighted by Gasteiger charge is -2.39. The first-order valence-corrected chi connectivity index (χ1v) is 10.1. The minimum atomic E-state index is -0.545. The highest BCUT2D eigenvalue weighted by Crippen LogP contribution is 2.43. The third-order valence-corrected chi connectivity index (χ3v) is 6.54. The van der Waals surface area contributed by atoms with E-state index < -0.39 is 11.2 Å². The Labute approximate surface area is 171 Å². The van der Waals surface area contributed by atoms with Gasteiger partial charge in [0.25, 0.3) is 5.56 Å². The summed E-state index contributed by atoms with van der Waals surface area (Å²) < 4.78 is 16.0. The van der Waals surface area contributed by atoms with Crippen LogP contribution in [0.15, 0.2) is 40.2 Å². The van der Waals surface area contributed by atoms with Gasteiger partial charge in [0.2, 0.25) is 5.91 Å². The number of nitrogens with one attached hydrogen (secondary N) is 1. The summed E-state index contributed by atoms with van der Waals surface area (Å²) in [7, 11) is 1.53. The molecule has 4 heterocycles. The van der Waals surface area contributed by atoms with Crippen LogP contribution in [-0.4, -0.2) is 42.0 Å². The number of hydrogen-bond acceptors (Lipinski definition) is 4. The summed E-state index contributed by atoms with van der Waals surface area (Å²) in [6.45, 7) is 0.00595. The van der Waals surface area contributed by atoms with Gasteiger partial charge in [-0.3, -0.25) is 19.1 Å². The number of amides is 1. The second-order valence-corrected chi connectivity index (χ2v) is 8.27. The molecule has 1 amide bonds. The first kappa shape index (κ1) is 18.8. The fourth-order valence-electron chi connectivity index (χ4n) is 5.12. The van der Waals surface area contributed by atoms with Crippen molar-refractivity contribution in [3.8, 4) is 0 Å². The SMILES string of the molecule is Cn1c(=O)[nH]c(=O)c2c1ncn2CC(=O)N1[C@@H]2CC[C@@H]1CC(c1ccc(F)cc1)C2. The van der Waals surface area contributed by atoms with Crippen molar-refractivity contribution in [2.75, 3.05) is 0 Å². The van der Waals surface area contributed by atoms with E-state index in [0.29, 0.717) is 5.92 Å². The van der Waals surface area contributed by atoms with Crippen LogP contribution in [0.5, 0.6) is 0 Å². The number of rotatable bonds is 3. The van der Waals surface area contributed by atoms with E-state index in [-0.39, 0.29) is 41.5 Å². The molecule has 3 aromatic rings. The molecule has 0 spiro atoms. The number of hydrogen-bond donors (Lipinski definition) is 1. The Kier molecular flexibility index (Phi) is 4.34. The van der Waals surface area contributed by atoms with E-state index in [0.717, 1.165) is 31.2 Å². The summed E-state index contributed by atoms with van der Waals surface area (Å²) in [4.78, 5) is 45.6. The Morgan fingerprint density at radius 2 is 1.83 bits per heavy atom. The minimum Gasteiger partial charge on any atom is -0.335 e. The lowest BCUT2D eigenvalue weighted by atomic mass is 9.85. The largest absolute Gasteiger partial charge is 0.335 e. The molecular weight excluding hydrogens is 389 g/mol. The molecule has 2 atom stereocenters. The first-order chi connectivity index (χ1) is 14.4. The third kappa shape index (κ3) is 2.96. The molecule has 2 aliphatic rings. The molecule has 1 aromatic carbocycles. The van der Waals surface area contributed by atoms with Gasteiger partial charge in [0.15, 0.2) is 11.2 Å². The average Bonchev–Trinajstić information content (AvgIpc) is 3.25. The molecule has 2 fully saturated rings. The lowest BCUT2D eigenvalue weighted by Crippen LogP contribution is -2.47. The molecule has 8 nitrogen and oxygen atoms in total. The van der Waals surface area contributed by atoms with Crippen molar-refractivity contribution in [2.24, 2.45) is 7.05 Å². The Bertz CT molecular complexity index is 1230. The summed E-state index contributed by atoms with van der Waals surface area (Å²) in [6.07, 6.45) is 5.05. The highest BCUT2D eigenvalue weighted by molar-refractivity contribution is 5.80. The second-order valence-electron chi connectivity index (χ2n) is 8.27. The summed E-state index contributed by atoms with van der Waals surface area (Å²) in [6, 6.07) is 6.94. The smallest absolute Gasteiger partial charge is 0.329 e. The fraction of sp³-hybridized carbons (Fsp3) is 0.429. The molecule has 2 aliphatic heterocycles. The van der Waals surface area contributed by atoms with E-state index in [4.69, 9.17) is 0 Å². The highest BCUT2D eigenvalue weighted by atomic mass is 19.1. The van der Waals surface area contributed by atoms with Crippen LogP contribution in [0.25, 0.3) is 11.2 Å². The molecule has 0 radical (unpaired) electrons. The summed E-state index contributed by atoms with van der Waals surface area (Å²) >= 11 is 0. The van der Waals surface area contributed by atoms with E-state index in [2.05, 4.69) is 9.97 Å². The van der Waals surface area contributed by atoms with Crippen LogP contribution in [0.4, 0.5) is 4.39 Å². The standard InChI is InChI=1S/C21H22FN5O3/c1-25-19-18(20(29)24-21(25)30)26(11-23-19)10-17(28)27-15-6-7-16(27)9-13(8-15)12-2-4-14(22)5-3-12/h2-5,11,13,15-16H,6-10H2,1H3,(H,24,29,30)/t15-,16-/m1/s1. The molecule has 0 saturated carbocycles. The number of piperidine rings is 1. The van der Waals surface area contributed by atoms with Crippen molar-refractivity contribution in [1.82, 2.24) is 24.0 Å². The van der Waals surface area contributed by atoms with Gasteiger partial charge in [0, 0.05) is 19.1 Å².